The molecule has 1 amide bonds. The Hall–Kier alpha value is -3.81. The van der Waals surface area contributed by atoms with Crippen molar-refractivity contribution < 1.29 is 4.79 Å². The fourth-order valence-corrected chi connectivity index (χ4v) is 4.29. The second-order valence-corrected chi connectivity index (χ2v) is 10.00. The number of hydrogen-bond donors (Lipinski definition) is 1. The first-order chi connectivity index (χ1) is 17.8. The third kappa shape index (κ3) is 6.91. The maximum Gasteiger partial charge on any atom is 0.271 e. The molecule has 3 heterocycles. The monoisotopic (exact) mass is 496 g/mol. The van der Waals surface area contributed by atoms with Crippen LogP contribution in [0.1, 0.15) is 35.6 Å². The molecule has 1 aliphatic rings. The molecule has 0 bridgehead atoms. The summed E-state index contributed by atoms with van der Waals surface area (Å²) in [5.41, 5.74) is 7.32. The number of nitrogens with zero attached hydrogens (tertiary/aromatic N) is 7. The maximum atomic E-state index is 13.2. The SMILES string of the molecule is Bc1cnc(C#N)nc1N(CC(C)C)NC(=O)c1cncc(-c2ccc(CN3CCN(C)CC3)cc2)c1. The number of aromatic nitrogens is 3. The fraction of sp³-hybridized carbons (Fsp3) is 0.370. The molecule has 1 fully saturated rings. The summed E-state index contributed by atoms with van der Waals surface area (Å²) in [7, 11) is 4.02. The number of amides is 1. The Labute approximate surface area is 219 Å². The zero-order valence-electron chi connectivity index (χ0n) is 22.0. The molecule has 2 aromatic heterocycles. The average molecular weight is 496 g/mol. The van der Waals surface area contributed by atoms with Gasteiger partial charge < -0.3 is 4.90 Å². The average Bonchev–Trinajstić information content (AvgIpc) is 2.90. The number of pyridine rings is 1. The minimum absolute atomic E-state index is 0.0586. The number of likely N-dealkylation sites (N-methyl/N-ethyl adjacent to an activating group) is 1. The van der Waals surface area contributed by atoms with E-state index in [1.54, 1.807) is 23.6 Å². The molecule has 9 nitrogen and oxygen atoms in total. The predicted octanol–water partition coefficient (Wildman–Crippen LogP) is 1.22. The molecule has 1 aromatic carbocycles. The Kier molecular flexibility index (Phi) is 8.48. The largest absolute Gasteiger partial charge is 0.304 e. The summed E-state index contributed by atoms with van der Waals surface area (Å²) in [5.74, 6) is 0.518. The van der Waals surface area contributed by atoms with E-state index in [1.807, 2.05) is 20.0 Å². The van der Waals surface area contributed by atoms with Gasteiger partial charge in [0.25, 0.3) is 5.91 Å². The van der Waals surface area contributed by atoms with Gasteiger partial charge in [-0.2, -0.15) is 5.26 Å². The van der Waals surface area contributed by atoms with E-state index in [4.69, 9.17) is 0 Å². The molecule has 0 saturated carbocycles. The molecule has 37 heavy (non-hydrogen) atoms. The summed E-state index contributed by atoms with van der Waals surface area (Å²) in [5, 5.41) is 10.9. The van der Waals surface area contributed by atoms with E-state index >= 15 is 0 Å². The molecule has 1 N–H and O–H groups in total. The lowest BCUT2D eigenvalue weighted by molar-refractivity contribution is 0.0947. The fourth-order valence-electron chi connectivity index (χ4n) is 4.29. The topological polar surface area (TPSA) is 101 Å². The lowest BCUT2D eigenvalue weighted by Crippen LogP contribution is -2.47. The van der Waals surface area contributed by atoms with Gasteiger partial charge in [0.1, 0.15) is 19.7 Å². The van der Waals surface area contributed by atoms with Crippen LogP contribution in [0.2, 0.25) is 0 Å². The first-order valence-corrected chi connectivity index (χ1v) is 12.6. The van der Waals surface area contributed by atoms with Crippen LogP contribution in [0.5, 0.6) is 0 Å². The number of carbonyl (C=O) groups excluding carboxylic acids is 1. The molecule has 3 aromatic rings. The number of nitriles is 1. The zero-order valence-corrected chi connectivity index (χ0v) is 22.0. The normalized spacial score (nSPS) is 14.4. The van der Waals surface area contributed by atoms with Crippen molar-refractivity contribution in [2.24, 2.45) is 5.92 Å². The van der Waals surface area contributed by atoms with Gasteiger partial charge in [0.15, 0.2) is 0 Å². The summed E-state index contributed by atoms with van der Waals surface area (Å²) in [4.78, 5) is 30.8. The van der Waals surface area contributed by atoms with E-state index in [0.717, 1.165) is 49.3 Å². The van der Waals surface area contributed by atoms with Crippen molar-refractivity contribution in [1.29, 1.82) is 5.26 Å². The molecule has 0 unspecified atom stereocenters. The van der Waals surface area contributed by atoms with Gasteiger partial charge in [0, 0.05) is 63.4 Å². The lowest BCUT2D eigenvalue weighted by atomic mass is 9.98. The Morgan fingerprint density at radius 3 is 2.54 bits per heavy atom. The van der Waals surface area contributed by atoms with Gasteiger partial charge in [0.05, 0.1) is 5.56 Å². The third-order valence-electron chi connectivity index (χ3n) is 6.37. The number of carbonyl (C=O) groups is 1. The summed E-state index contributed by atoms with van der Waals surface area (Å²) in [6.45, 7) is 9.94. The molecular formula is C27H33BN8O. The van der Waals surface area contributed by atoms with Gasteiger partial charge in [-0.25, -0.2) is 9.97 Å². The molecule has 0 spiro atoms. The summed E-state index contributed by atoms with van der Waals surface area (Å²) in [6.07, 6.45) is 4.92. The van der Waals surface area contributed by atoms with E-state index in [9.17, 15) is 10.1 Å². The predicted molar refractivity (Wildman–Crippen MR) is 147 cm³/mol. The molecular weight excluding hydrogens is 463 g/mol. The highest BCUT2D eigenvalue weighted by molar-refractivity contribution is 6.35. The number of anilines is 1. The first-order valence-electron chi connectivity index (χ1n) is 12.6. The molecule has 0 aliphatic carbocycles. The summed E-state index contributed by atoms with van der Waals surface area (Å²) < 4.78 is 0. The molecule has 0 atom stereocenters. The van der Waals surface area contributed by atoms with Crippen molar-refractivity contribution in [3.05, 3.63) is 65.9 Å². The number of nitrogens with one attached hydrogen (secondary N) is 1. The number of hydrogen-bond acceptors (Lipinski definition) is 8. The highest BCUT2D eigenvalue weighted by Gasteiger charge is 2.19. The second kappa shape index (κ2) is 12.0. The smallest absolute Gasteiger partial charge is 0.271 e. The van der Waals surface area contributed by atoms with Crippen LogP contribution in [0.4, 0.5) is 5.82 Å². The van der Waals surface area contributed by atoms with Crippen molar-refractivity contribution in [3.8, 4) is 17.2 Å². The standard InChI is InChI=1S/C27H33BN8O/c1-19(2)17-36(26-24(28)16-31-25(13-29)32-26)33-27(37)23-12-22(14-30-15-23)21-6-4-20(5-7-21)18-35-10-8-34(3)9-11-35/h4-7,12,14-16,19H,8-11,17-18,28H2,1-3H3,(H,33,37). The van der Waals surface area contributed by atoms with E-state index in [-0.39, 0.29) is 17.6 Å². The van der Waals surface area contributed by atoms with Gasteiger partial charge in [0.2, 0.25) is 5.82 Å². The Balaban J connectivity index is 1.48. The van der Waals surface area contributed by atoms with Crippen molar-refractivity contribution in [3.63, 3.8) is 0 Å². The van der Waals surface area contributed by atoms with Crippen LogP contribution in [0.15, 0.2) is 48.9 Å². The Bertz CT molecular complexity index is 1270. The van der Waals surface area contributed by atoms with Crippen LogP contribution in [0, 0.1) is 17.2 Å². The van der Waals surface area contributed by atoms with Crippen molar-refractivity contribution >= 4 is 25.0 Å². The van der Waals surface area contributed by atoms with Gasteiger partial charge in [-0.1, -0.05) is 38.1 Å². The summed E-state index contributed by atoms with van der Waals surface area (Å²) in [6, 6.07) is 12.3. The van der Waals surface area contributed by atoms with E-state index < -0.39 is 0 Å². The van der Waals surface area contributed by atoms with E-state index in [2.05, 4.69) is 75.3 Å². The van der Waals surface area contributed by atoms with Crippen LogP contribution in [0.25, 0.3) is 11.1 Å². The Morgan fingerprint density at radius 1 is 1.14 bits per heavy atom. The van der Waals surface area contributed by atoms with Gasteiger partial charge in [-0.15, -0.1) is 0 Å². The van der Waals surface area contributed by atoms with Crippen molar-refractivity contribution in [2.45, 2.75) is 20.4 Å². The molecule has 1 aliphatic heterocycles. The minimum Gasteiger partial charge on any atom is -0.304 e. The van der Waals surface area contributed by atoms with Gasteiger partial charge in [-0.05, 0) is 35.6 Å². The zero-order chi connectivity index (χ0) is 26.4. The van der Waals surface area contributed by atoms with Gasteiger partial charge in [-0.3, -0.25) is 25.1 Å². The van der Waals surface area contributed by atoms with Crippen molar-refractivity contribution in [2.75, 3.05) is 44.8 Å². The first kappa shape index (κ1) is 26.3. The van der Waals surface area contributed by atoms with Crippen LogP contribution in [-0.2, 0) is 6.54 Å². The minimum atomic E-state index is -0.293. The number of piperazine rings is 1. The lowest BCUT2D eigenvalue weighted by Gasteiger charge is -2.32. The second-order valence-electron chi connectivity index (χ2n) is 10.00. The highest BCUT2D eigenvalue weighted by Crippen LogP contribution is 2.21. The summed E-state index contributed by atoms with van der Waals surface area (Å²) >= 11 is 0. The highest BCUT2D eigenvalue weighted by atomic mass is 16.2. The molecule has 190 valence electrons. The maximum absolute atomic E-state index is 13.2. The van der Waals surface area contributed by atoms with E-state index in [1.165, 1.54) is 5.56 Å². The quantitative estimate of drug-likeness (QED) is 0.367. The molecule has 4 rings (SSSR count). The Morgan fingerprint density at radius 2 is 1.86 bits per heavy atom. The van der Waals surface area contributed by atoms with Crippen LogP contribution in [-0.4, -0.2) is 78.3 Å². The van der Waals surface area contributed by atoms with Crippen LogP contribution in [0.3, 0.4) is 0 Å². The third-order valence-corrected chi connectivity index (χ3v) is 6.37. The van der Waals surface area contributed by atoms with Gasteiger partial charge >= 0.3 is 0 Å². The number of rotatable bonds is 8. The molecule has 10 heteroatoms. The van der Waals surface area contributed by atoms with Crippen molar-refractivity contribution in [1.82, 2.24) is 30.2 Å². The number of hydrazine groups is 1. The van der Waals surface area contributed by atoms with Crippen LogP contribution >= 0.6 is 0 Å². The van der Waals surface area contributed by atoms with E-state index in [0.29, 0.717) is 17.9 Å². The van der Waals surface area contributed by atoms with Crippen LogP contribution < -0.4 is 15.9 Å². The molecule has 0 radical (unpaired) electrons. The number of benzene rings is 1. The molecule has 1 saturated heterocycles.